The Morgan fingerprint density at radius 1 is 1.37 bits per heavy atom. The lowest BCUT2D eigenvalue weighted by atomic mass is 10.0. The molecule has 1 aliphatic rings. The van der Waals surface area contributed by atoms with Crippen LogP contribution in [0.5, 0.6) is 5.75 Å². The van der Waals surface area contributed by atoms with Crippen LogP contribution in [0.15, 0.2) is 30.5 Å². The van der Waals surface area contributed by atoms with Crippen molar-refractivity contribution in [3.8, 4) is 17.0 Å². The van der Waals surface area contributed by atoms with Crippen LogP contribution >= 0.6 is 0 Å². The van der Waals surface area contributed by atoms with Crippen LogP contribution in [-0.4, -0.2) is 17.6 Å². The van der Waals surface area contributed by atoms with E-state index >= 15 is 0 Å². The van der Waals surface area contributed by atoms with Crippen molar-refractivity contribution < 1.29 is 13.5 Å². The maximum Gasteiger partial charge on any atom is 0.149 e. The van der Waals surface area contributed by atoms with Gasteiger partial charge >= 0.3 is 0 Å². The zero-order valence-electron chi connectivity index (χ0n) is 10.1. The van der Waals surface area contributed by atoms with Crippen LogP contribution in [0, 0.1) is 11.6 Å². The van der Waals surface area contributed by atoms with E-state index in [1.807, 2.05) is 0 Å². The summed E-state index contributed by atoms with van der Waals surface area (Å²) in [5.74, 6) is -0.454. The molecule has 2 aromatic rings. The molecule has 1 aromatic heterocycles. The van der Waals surface area contributed by atoms with Gasteiger partial charge in [0.25, 0.3) is 0 Å². The fourth-order valence-corrected chi connectivity index (χ4v) is 2.29. The van der Waals surface area contributed by atoms with Crippen molar-refractivity contribution in [1.29, 1.82) is 0 Å². The molecule has 0 saturated carbocycles. The lowest BCUT2D eigenvalue weighted by Crippen LogP contribution is -2.24. The van der Waals surface area contributed by atoms with Crippen molar-refractivity contribution in [2.75, 3.05) is 6.54 Å². The number of halogens is 2. The molecule has 98 valence electrons. The number of nitrogens with zero attached hydrogens (tertiary/aromatic N) is 1. The summed E-state index contributed by atoms with van der Waals surface area (Å²) in [6, 6.07) is 5.41. The zero-order chi connectivity index (χ0) is 13.4. The number of pyridine rings is 1. The molecule has 0 fully saturated rings. The average molecular weight is 262 g/mol. The molecular weight excluding hydrogens is 250 g/mol. The number of fused-ring (bicyclic) bond motifs is 1. The Labute approximate surface area is 109 Å². The first-order valence-electron chi connectivity index (χ1n) is 5.99. The first-order valence-corrected chi connectivity index (χ1v) is 5.99. The molecule has 0 unspecified atom stereocenters. The summed E-state index contributed by atoms with van der Waals surface area (Å²) >= 11 is 0. The number of ether oxygens (including phenoxy) is 1. The summed E-state index contributed by atoms with van der Waals surface area (Å²) in [6.45, 7) is 0.334. The van der Waals surface area contributed by atoms with E-state index in [1.54, 1.807) is 0 Å². The fraction of sp³-hybridized carbons (Fsp3) is 0.214. The highest BCUT2D eigenvalue weighted by atomic mass is 19.1. The Hall–Kier alpha value is -2.01. The maximum absolute atomic E-state index is 13.8. The van der Waals surface area contributed by atoms with Gasteiger partial charge in [-0.05, 0) is 24.3 Å². The zero-order valence-corrected chi connectivity index (χ0v) is 10.1. The molecule has 0 bridgehead atoms. The van der Waals surface area contributed by atoms with E-state index in [0.29, 0.717) is 29.8 Å². The predicted octanol–water partition coefficient (Wildman–Crippen LogP) is 2.29. The molecule has 0 saturated heterocycles. The lowest BCUT2D eigenvalue weighted by molar-refractivity contribution is 0.242. The van der Waals surface area contributed by atoms with E-state index in [-0.39, 0.29) is 11.8 Å². The SMILES string of the molecule is NC[C@H]1Cc2cc(F)cc(-c3ncccc3F)c2O1. The lowest BCUT2D eigenvalue weighted by Gasteiger charge is -2.11. The van der Waals surface area contributed by atoms with Gasteiger partial charge in [0, 0.05) is 30.3 Å². The van der Waals surface area contributed by atoms with E-state index in [0.717, 1.165) is 0 Å². The van der Waals surface area contributed by atoms with Gasteiger partial charge in [-0.1, -0.05) is 0 Å². The third-order valence-corrected chi connectivity index (χ3v) is 3.14. The Kier molecular flexibility index (Phi) is 2.91. The summed E-state index contributed by atoms with van der Waals surface area (Å²) in [7, 11) is 0. The molecule has 0 aliphatic carbocycles. The Morgan fingerprint density at radius 3 is 2.95 bits per heavy atom. The molecule has 2 N–H and O–H groups in total. The number of hydrogen-bond donors (Lipinski definition) is 1. The first-order chi connectivity index (χ1) is 9.19. The minimum absolute atomic E-state index is 0.0934. The second kappa shape index (κ2) is 4.59. The quantitative estimate of drug-likeness (QED) is 0.903. The highest BCUT2D eigenvalue weighted by Crippen LogP contribution is 2.39. The van der Waals surface area contributed by atoms with Crippen LogP contribution < -0.4 is 10.5 Å². The highest BCUT2D eigenvalue weighted by molar-refractivity contribution is 5.70. The van der Waals surface area contributed by atoms with Crippen molar-refractivity contribution in [2.45, 2.75) is 12.5 Å². The van der Waals surface area contributed by atoms with Crippen molar-refractivity contribution in [3.05, 3.63) is 47.7 Å². The second-order valence-electron chi connectivity index (χ2n) is 4.46. The molecule has 1 aromatic carbocycles. The topological polar surface area (TPSA) is 48.1 Å². The summed E-state index contributed by atoms with van der Waals surface area (Å²) in [6.07, 6.45) is 1.80. The Bertz CT molecular complexity index is 631. The number of rotatable bonds is 2. The minimum Gasteiger partial charge on any atom is -0.488 e. The summed E-state index contributed by atoms with van der Waals surface area (Å²) in [5.41, 5.74) is 6.70. The van der Waals surface area contributed by atoms with Crippen LogP contribution in [0.3, 0.4) is 0 Å². The van der Waals surface area contributed by atoms with Gasteiger partial charge in [0.05, 0.1) is 0 Å². The average Bonchev–Trinajstić information content (AvgIpc) is 2.81. The smallest absolute Gasteiger partial charge is 0.149 e. The maximum atomic E-state index is 13.8. The van der Waals surface area contributed by atoms with Crippen molar-refractivity contribution >= 4 is 0 Å². The molecule has 1 atom stereocenters. The molecule has 5 heteroatoms. The van der Waals surface area contributed by atoms with E-state index < -0.39 is 11.6 Å². The number of nitrogens with two attached hydrogens (primary N) is 1. The Morgan fingerprint density at radius 2 is 2.21 bits per heavy atom. The molecule has 0 radical (unpaired) electrons. The summed E-state index contributed by atoms with van der Waals surface area (Å²) < 4.78 is 33.1. The molecule has 3 rings (SSSR count). The standard InChI is InChI=1S/C14H12F2N2O/c15-9-4-8-5-10(7-17)19-14(8)11(6-9)13-12(16)2-1-3-18-13/h1-4,6,10H,5,7,17H2/t10-/m1/s1. The molecule has 3 nitrogen and oxygen atoms in total. The van der Waals surface area contributed by atoms with E-state index in [2.05, 4.69) is 4.98 Å². The van der Waals surface area contributed by atoms with Gasteiger partial charge in [-0.2, -0.15) is 0 Å². The Balaban J connectivity index is 2.16. The molecule has 0 spiro atoms. The third kappa shape index (κ3) is 2.06. The van der Waals surface area contributed by atoms with Gasteiger partial charge in [-0.15, -0.1) is 0 Å². The van der Waals surface area contributed by atoms with Gasteiger partial charge < -0.3 is 10.5 Å². The van der Waals surface area contributed by atoms with Crippen LogP contribution in [0.1, 0.15) is 5.56 Å². The monoisotopic (exact) mass is 262 g/mol. The van der Waals surface area contributed by atoms with E-state index in [4.69, 9.17) is 10.5 Å². The fourth-order valence-electron chi connectivity index (χ4n) is 2.29. The molecule has 2 heterocycles. The predicted molar refractivity (Wildman–Crippen MR) is 66.8 cm³/mol. The van der Waals surface area contributed by atoms with E-state index in [9.17, 15) is 8.78 Å². The highest BCUT2D eigenvalue weighted by Gasteiger charge is 2.27. The number of hydrogen-bond acceptors (Lipinski definition) is 3. The molecule has 1 aliphatic heterocycles. The van der Waals surface area contributed by atoms with Gasteiger partial charge in [-0.3, -0.25) is 4.98 Å². The summed E-state index contributed by atoms with van der Waals surface area (Å²) in [5, 5.41) is 0. The van der Waals surface area contributed by atoms with Crippen LogP contribution in [0.25, 0.3) is 11.3 Å². The summed E-state index contributed by atoms with van der Waals surface area (Å²) in [4.78, 5) is 3.97. The van der Waals surface area contributed by atoms with Crippen molar-refractivity contribution in [2.24, 2.45) is 5.73 Å². The molecule has 0 amide bonds. The van der Waals surface area contributed by atoms with Crippen LogP contribution in [0.4, 0.5) is 8.78 Å². The van der Waals surface area contributed by atoms with Crippen LogP contribution in [-0.2, 0) is 6.42 Å². The minimum atomic E-state index is -0.505. The van der Waals surface area contributed by atoms with Crippen LogP contribution in [0.2, 0.25) is 0 Å². The third-order valence-electron chi connectivity index (χ3n) is 3.14. The van der Waals surface area contributed by atoms with Gasteiger partial charge in [0.2, 0.25) is 0 Å². The second-order valence-corrected chi connectivity index (χ2v) is 4.46. The van der Waals surface area contributed by atoms with Gasteiger partial charge in [0.15, 0.2) is 0 Å². The number of benzene rings is 1. The first kappa shape index (κ1) is 12.0. The van der Waals surface area contributed by atoms with Gasteiger partial charge in [0.1, 0.15) is 29.2 Å². The number of aromatic nitrogens is 1. The van der Waals surface area contributed by atoms with Crippen molar-refractivity contribution in [3.63, 3.8) is 0 Å². The molecular formula is C14H12F2N2O. The normalized spacial score (nSPS) is 17.1. The van der Waals surface area contributed by atoms with E-state index in [1.165, 1.54) is 30.5 Å². The van der Waals surface area contributed by atoms with Gasteiger partial charge in [-0.25, -0.2) is 8.78 Å². The van der Waals surface area contributed by atoms with Crippen molar-refractivity contribution in [1.82, 2.24) is 4.98 Å². The largest absolute Gasteiger partial charge is 0.488 e. The molecule has 19 heavy (non-hydrogen) atoms.